The van der Waals surface area contributed by atoms with Gasteiger partial charge in [0.05, 0.1) is 11.6 Å². The fraction of sp³-hybridized carbons (Fsp3) is 0.538. The van der Waals surface area contributed by atoms with Gasteiger partial charge in [0, 0.05) is 0 Å². The van der Waals surface area contributed by atoms with Crippen molar-refractivity contribution in [2.75, 3.05) is 13.1 Å². The quantitative estimate of drug-likeness (QED) is 0.873. The summed E-state index contributed by atoms with van der Waals surface area (Å²) in [4.78, 5) is 0. The first-order valence-electron chi connectivity index (χ1n) is 6.41. The summed E-state index contributed by atoms with van der Waals surface area (Å²) in [5.74, 6) is 0.708. The molecule has 0 amide bonds. The third-order valence-electron chi connectivity index (χ3n) is 3.73. The maximum Gasteiger partial charge on any atom is 0.113 e. The highest BCUT2D eigenvalue weighted by atomic mass is 15.4. The molecule has 2 aromatic rings. The predicted molar refractivity (Wildman–Crippen MR) is 67.8 cm³/mol. The highest BCUT2D eigenvalue weighted by molar-refractivity contribution is 5.74. The van der Waals surface area contributed by atoms with Gasteiger partial charge in [-0.05, 0) is 44.0 Å². The van der Waals surface area contributed by atoms with Crippen LogP contribution in [0.15, 0.2) is 24.3 Å². The fourth-order valence-electron chi connectivity index (χ4n) is 2.57. The number of aromatic nitrogens is 3. The Morgan fingerprint density at radius 3 is 3.00 bits per heavy atom. The van der Waals surface area contributed by atoms with E-state index in [1.165, 1.54) is 18.4 Å². The Hall–Kier alpha value is -1.42. The Kier molecular flexibility index (Phi) is 2.81. The van der Waals surface area contributed by atoms with Crippen molar-refractivity contribution in [3.05, 3.63) is 24.3 Å². The second-order valence-corrected chi connectivity index (χ2v) is 4.74. The molecule has 1 aromatic heterocycles. The highest BCUT2D eigenvalue weighted by Crippen LogP contribution is 2.38. The first-order valence-corrected chi connectivity index (χ1v) is 6.41. The molecule has 0 spiro atoms. The Bertz CT molecular complexity index is 505. The minimum Gasteiger partial charge on any atom is -0.317 e. The molecule has 0 radical (unpaired) electrons. The van der Waals surface area contributed by atoms with Crippen LogP contribution in [0, 0.1) is 5.92 Å². The molecule has 0 bridgehead atoms. The first-order chi connectivity index (χ1) is 8.40. The lowest BCUT2D eigenvalue weighted by Gasteiger charge is -2.36. The van der Waals surface area contributed by atoms with Gasteiger partial charge in [0.15, 0.2) is 0 Å². The summed E-state index contributed by atoms with van der Waals surface area (Å²) in [5, 5.41) is 12.0. The minimum atomic E-state index is 0.529. The van der Waals surface area contributed by atoms with Crippen molar-refractivity contribution < 1.29 is 0 Å². The molecule has 3 rings (SSSR count). The smallest absolute Gasteiger partial charge is 0.113 e. The van der Waals surface area contributed by atoms with Crippen LogP contribution in [0.5, 0.6) is 0 Å². The zero-order valence-electron chi connectivity index (χ0n) is 10.1. The zero-order valence-corrected chi connectivity index (χ0v) is 10.1. The highest BCUT2D eigenvalue weighted by Gasteiger charge is 2.33. The van der Waals surface area contributed by atoms with Gasteiger partial charge in [0.2, 0.25) is 0 Å². The molecule has 0 aliphatic heterocycles. The maximum atomic E-state index is 4.31. The Balaban J connectivity index is 1.84. The van der Waals surface area contributed by atoms with Gasteiger partial charge in [-0.25, -0.2) is 4.68 Å². The van der Waals surface area contributed by atoms with Crippen LogP contribution in [-0.2, 0) is 0 Å². The maximum absolute atomic E-state index is 4.31. The van der Waals surface area contributed by atoms with Crippen LogP contribution in [0.4, 0.5) is 0 Å². The third kappa shape index (κ3) is 1.82. The number of nitrogens with zero attached hydrogens (tertiary/aromatic N) is 3. The summed E-state index contributed by atoms with van der Waals surface area (Å²) in [7, 11) is 0. The normalized spacial score (nSPS) is 23.8. The molecule has 2 unspecified atom stereocenters. The number of fused-ring (bicyclic) bond motifs is 1. The third-order valence-corrected chi connectivity index (χ3v) is 3.73. The van der Waals surface area contributed by atoms with Gasteiger partial charge in [-0.3, -0.25) is 0 Å². The van der Waals surface area contributed by atoms with Gasteiger partial charge in [-0.1, -0.05) is 24.3 Å². The minimum absolute atomic E-state index is 0.529. The largest absolute Gasteiger partial charge is 0.317 e. The number of hydrogen-bond donors (Lipinski definition) is 1. The van der Waals surface area contributed by atoms with Crippen molar-refractivity contribution >= 4 is 11.0 Å². The van der Waals surface area contributed by atoms with Crippen molar-refractivity contribution in [1.29, 1.82) is 0 Å². The van der Waals surface area contributed by atoms with Crippen LogP contribution in [0.3, 0.4) is 0 Å². The predicted octanol–water partition coefficient (Wildman–Crippen LogP) is 1.99. The summed E-state index contributed by atoms with van der Waals surface area (Å²) in [6.07, 6.45) is 2.52. The molecule has 1 fully saturated rings. The molecule has 1 aliphatic carbocycles. The van der Waals surface area contributed by atoms with Crippen LogP contribution in [0.25, 0.3) is 11.0 Å². The average Bonchev–Trinajstić information content (AvgIpc) is 2.73. The summed E-state index contributed by atoms with van der Waals surface area (Å²) in [5.41, 5.74) is 2.17. The van der Waals surface area contributed by atoms with Crippen LogP contribution in [0.2, 0.25) is 0 Å². The van der Waals surface area contributed by atoms with Crippen LogP contribution < -0.4 is 5.32 Å². The van der Waals surface area contributed by atoms with E-state index in [2.05, 4.69) is 39.4 Å². The molecule has 4 nitrogen and oxygen atoms in total. The van der Waals surface area contributed by atoms with E-state index in [1.54, 1.807) is 0 Å². The van der Waals surface area contributed by atoms with E-state index in [-0.39, 0.29) is 0 Å². The number of benzene rings is 1. The van der Waals surface area contributed by atoms with Gasteiger partial charge in [-0.15, -0.1) is 5.10 Å². The van der Waals surface area contributed by atoms with Crippen molar-refractivity contribution in [1.82, 2.24) is 20.3 Å². The molecular weight excluding hydrogens is 212 g/mol. The Morgan fingerprint density at radius 2 is 2.24 bits per heavy atom. The fourth-order valence-corrected chi connectivity index (χ4v) is 2.57. The standard InChI is InChI=1S/C13H18N4/c1-2-14-9-10-7-8-12(10)17-13-6-4-3-5-11(13)15-16-17/h3-6,10,12,14H,2,7-9H2,1H3. The topological polar surface area (TPSA) is 42.7 Å². The van der Waals surface area contributed by atoms with Crippen LogP contribution >= 0.6 is 0 Å². The van der Waals surface area contributed by atoms with Crippen molar-refractivity contribution in [3.63, 3.8) is 0 Å². The average molecular weight is 230 g/mol. The van der Waals surface area contributed by atoms with E-state index >= 15 is 0 Å². The van der Waals surface area contributed by atoms with Crippen molar-refractivity contribution in [2.24, 2.45) is 5.92 Å². The molecule has 0 saturated heterocycles. The summed E-state index contributed by atoms with van der Waals surface area (Å²) in [6, 6.07) is 8.73. The summed E-state index contributed by atoms with van der Waals surface area (Å²) >= 11 is 0. The van der Waals surface area contributed by atoms with Gasteiger partial charge < -0.3 is 5.32 Å². The molecule has 1 aliphatic rings. The molecule has 1 heterocycles. The summed E-state index contributed by atoms with van der Waals surface area (Å²) in [6.45, 7) is 4.29. The monoisotopic (exact) mass is 230 g/mol. The van der Waals surface area contributed by atoms with Gasteiger partial charge in [0.25, 0.3) is 0 Å². The molecule has 1 aromatic carbocycles. The molecule has 1 N–H and O–H groups in total. The van der Waals surface area contributed by atoms with Crippen molar-refractivity contribution in [2.45, 2.75) is 25.8 Å². The lowest BCUT2D eigenvalue weighted by Crippen LogP contribution is -2.37. The molecule has 2 atom stereocenters. The van der Waals surface area contributed by atoms with Gasteiger partial charge >= 0.3 is 0 Å². The second kappa shape index (κ2) is 4.45. The van der Waals surface area contributed by atoms with Gasteiger partial charge in [0.1, 0.15) is 5.52 Å². The van der Waals surface area contributed by atoms with Crippen molar-refractivity contribution in [3.8, 4) is 0 Å². The molecule has 1 saturated carbocycles. The number of rotatable bonds is 4. The first kappa shape index (κ1) is 10.7. The Morgan fingerprint density at radius 1 is 1.35 bits per heavy atom. The number of nitrogens with one attached hydrogen (secondary N) is 1. The van der Waals surface area contributed by atoms with E-state index in [1.807, 2.05) is 12.1 Å². The number of para-hydroxylation sites is 1. The van der Waals surface area contributed by atoms with Gasteiger partial charge in [-0.2, -0.15) is 0 Å². The second-order valence-electron chi connectivity index (χ2n) is 4.74. The number of hydrogen-bond acceptors (Lipinski definition) is 3. The van der Waals surface area contributed by atoms with Crippen LogP contribution in [0.1, 0.15) is 25.8 Å². The van der Waals surface area contributed by atoms with Crippen LogP contribution in [-0.4, -0.2) is 28.1 Å². The van der Waals surface area contributed by atoms with E-state index in [9.17, 15) is 0 Å². The molecule has 4 heteroatoms. The van der Waals surface area contributed by atoms with E-state index in [0.29, 0.717) is 12.0 Å². The van der Waals surface area contributed by atoms with E-state index in [0.717, 1.165) is 18.6 Å². The SMILES string of the molecule is CCNCC1CCC1n1nnc2ccccc21. The lowest BCUT2D eigenvalue weighted by atomic mass is 9.79. The molecule has 17 heavy (non-hydrogen) atoms. The van der Waals surface area contributed by atoms with E-state index in [4.69, 9.17) is 0 Å². The van der Waals surface area contributed by atoms with E-state index < -0.39 is 0 Å². The lowest BCUT2D eigenvalue weighted by molar-refractivity contribution is 0.166. The molecular formula is C13H18N4. The summed E-state index contributed by atoms with van der Waals surface area (Å²) < 4.78 is 2.11. The zero-order chi connectivity index (χ0) is 11.7. The molecule has 90 valence electrons. The Labute approximate surface area is 101 Å².